The van der Waals surface area contributed by atoms with E-state index in [1.54, 1.807) is 6.07 Å². The van der Waals surface area contributed by atoms with E-state index in [2.05, 4.69) is 5.32 Å². The minimum atomic E-state index is -0.0314. The smallest absolute Gasteiger partial charge is 0.228 e. The van der Waals surface area contributed by atoms with E-state index in [1.165, 1.54) is 0 Å². The highest BCUT2D eigenvalue weighted by Gasteiger charge is 2.44. The van der Waals surface area contributed by atoms with Crippen LogP contribution in [0.15, 0.2) is 42.5 Å². The number of carbonyl (C=O) groups excluding carboxylic acids is 1. The number of nitrogens with one attached hydrogen (secondary N) is 1. The van der Waals surface area contributed by atoms with Crippen molar-refractivity contribution < 1.29 is 9.53 Å². The van der Waals surface area contributed by atoms with Crippen molar-refractivity contribution in [3.63, 3.8) is 0 Å². The second-order valence-corrected chi connectivity index (χ2v) is 6.47. The first-order chi connectivity index (χ1) is 11.1. The first-order valence-corrected chi connectivity index (χ1v) is 8.32. The van der Waals surface area contributed by atoms with Gasteiger partial charge in [0.05, 0.1) is 6.61 Å². The molecule has 1 aliphatic rings. The number of ether oxygens (including phenoxy) is 1. The summed E-state index contributed by atoms with van der Waals surface area (Å²) in [5.74, 6) is 0.976. The number of carbonyl (C=O) groups is 1. The highest BCUT2D eigenvalue weighted by Crippen LogP contribution is 2.49. The maximum Gasteiger partial charge on any atom is 0.228 e. The van der Waals surface area contributed by atoms with Crippen molar-refractivity contribution >= 4 is 34.8 Å². The van der Waals surface area contributed by atoms with Crippen LogP contribution in [0.5, 0.6) is 5.75 Å². The number of hydrogen-bond acceptors (Lipinski definition) is 2. The Bertz CT molecular complexity index is 695. The molecule has 120 valence electrons. The Morgan fingerprint density at radius 3 is 2.43 bits per heavy atom. The summed E-state index contributed by atoms with van der Waals surface area (Å²) in [6.07, 6.45) is 0.819. The third-order valence-corrected chi connectivity index (χ3v) is 4.31. The maximum atomic E-state index is 12.3. The van der Waals surface area contributed by atoms with Gasteiger partial charge in [-0.1, -0.05) is 23.2 Å². The van der Waals surface area contributed by atoms with Crippen molar-refractivity contribution in [3.8, 4) is 5.75 Å². The molecule has 0 saturated heterocycles. The first kappa shape index (κ1) is 16.2. The minimum Gasteiger partial charge on any atom is -0.494 e. The lowest BCUT2D eigenvalue weighted by Crippen LogP contribution is -2.14. The summed E-state index contributed by atoms with van der Waals surface area (Å²) in [6, 6.07) is 12.8. The van der Waals surface area contributed by atoms with E-state index in [-0.39, 0.29) is 17.7 Å². The average molecular weight is 350 g/mol. The van der Waals surface area contributed by atoms with Gasteiger partial charge >= 0.3 is 0 Å². The number of benzene rings is 2. The van der Waals surface area contributed by atoms with Crippen molar-refractivity contribution in [1.29, 1.82) is 0 Å². The van der Waals surface area contributed by atoms with Crippen LogP contribution < -0.4 is 10.1 Å². The molecule has 0 unspecified atom stereocenters. The van der Waals surface area contributed by atoms with E-state index in [0.717, 1.165) is 23.4 Å². The fourth-order valence-electron chi connectivity index (χ4n) is 2.68. The molecule has 0 heterocycles. The van der Waals surface area contributed by atoms with Crippen molar-refractivity contribution in [2.75, 3.05) is 11.9 Å². The summed E-state index contributed by atoms with van der Waals surface area (Å²) in [5, 5.41) is 4.15. The van der Waals surface area contributed by atoms with Crippen LogP contribution in [-0.4, -0.2) is 12.5 Å². The standard InChI is InChI=1S/C18H17Cl2NO2/c1-2-23-15-5-3-14(4-6-15)21-18(22)17-10-16(17)11-7-12(19)9-13(20)8-11/h3-9,16-17H,2,10H2,1H3,(H,21,22)/t16-,17+/m1/s1. The van der Waals surface area contributed by atoms with Crippen LogP contribution in [0.3, 0.4) is 0 Å². The lowest BCUT2D eigenvalue weighted by Gasteiger charge is -2.07. The molecule has 0 bridgehead atoms. The molecule has 3 nitrogen and oxygen atoms in total. The van der Waals surface area contributed by atoms with E-state index >= 15 is 0 Å². The van der Waals surface area contributed by atoms with Crippen LogP contribution in [0.25, 0.3) is 0 Å². The van der Waals surface area contributed by atoms with Crippen LogP contribution in [-0.2, 0) is 4.79 Å². The Balaban J connectivity index is 1.61. The van der Waals surface area contributed by atoms with Gasteiger partial charge in [-0.05, 0) is 67.3 Å². The van der Waals surface area contributed by atoms with Crippen LogP contribution in [0.4, 0.5) is 5.69 Å². The molecule has 0 spiro atoms. The molecular formula is C18H17Cl2NO2. The Labute approximate surface area is 145 Å². The molecule has 2 atom stereocenters. The molecule has 2 aromatic carbocycles. The third kappa shape index (κ3) is 3.98. The van der Waals surface area contributed by atoms with Crippen LogP contribution in [0.1, 0.15) is 24.8 Å². The highest BCUT2D eigenvalue weighted by molar-refractivity contribution is 6.34. The zero-order chi connectivity index (χ0) is 16.4. The molecule has 23 heavy (non-hydrogen) atoms. The van der Waals surface area contributed by atoms with Gasteiger partial charge in [0, 0.05) is 21.7 Å². The van der Waals surface area contributed by atoms with Gasteiger partial charge < -0.3 is 10.1 Å². The molecule has 1 N–H and O–H groups in total. The van der Waals surface area contributed by atoms with Crippen LogP contribution in [0.2, 0.25) is 10.0 Å². The predicted octanol–water partition coefficient (Wildman–Crippen LogP) is 5.13. The van der Waals surface area contributed by atoms with E-state index in [9.17, 15) is 4.79 Å². The largest absolute Gasteiger partial charge is 0.494 e. The Hall–Kier alpha value is -1.71. The second kappa shape index (κ2) is 6.81. The molecule has 5 heteroatoms. The Morgan fingerprint density at radius 1 is 1.17 bits per heavy atom. The van der Waals surface area contributed by atoms with E-state index in [4.69, 9.17) is 27.9 Å². The summed E-state index contributed by atoms with van der Waals surface area (Å²) in [6.45, 7) is 2.56. The number of hydrogen-bond donors (Lipinski definition) is 1. The number of rotatable bonds is 5. The van der Waals surface area contributed by atoms with Gasteiger partial charge in [0.15, 0.2) is 0 Å². The molecular weight excluding hydrogens is 333 g/mol. The topological polar surface area (TPSA) is 38.3 Å². The molecule has 1 fully saturated rings. The first-order valence-electron chi connectivity index (χ1n) is 7.56. The molecule has 1 saturated carbocycles. The average Bonchev–Trinajstić information content (AvgIpc) is 3.29. The highest BCUT2D eigenvalue weighted by atomic mass is 35.5. The summed E-state index contributed by atoms with van der Waals surface area (Å²) >= 11 is 12.0. The van der Waals surface area contributed by atoms with Gasteiger partial charge in [0.25, 0.3) is 0 Å². The summed E-state index contributed by atoms with van der Waals surface area (Å²) < 4.78 is 5.39. The molecule has 2 aromatic rings. The van der Waals surface area contributed by atoms with Gasteiger partial charge in [0.1, 0.15) is 5.75 Å². The Morgan fingerprint density at radius 2 is 1.83 bits per heavy atom. The number of amides is 1. The molecule has 3 rings (SSSR count). The second-order valence-electron chi connectivity index (χ2n) is 5.60. The zero-order valence-electron chi connectivity index (χ0n) is 12.7. The number of halogens is 2. The van der Waals surface area contributed by atoms with Crippen molar-refractivity contribution in [2.45, 2.75) is 19.3 Å². The predicted molar refractivity (Wildman–Crippen MR) is 93.6 cm³/mol. The Kier molecular flexibility index (Phi) is 4.79. The lowest BCUT2D eigenvalue weighted by molar-refractivity contribution is -0.117. The molecule has 1 aliphatic carbocycles. The fraction of sp³-hybridized carbons (Fsp3) is 0.278. The number of anilines is 1. The molecule has 0 radical (unpaired) electrons. The lowest BCUT2D eigenvalue weighted by atomic mass is 10.1. The van der Waals surface area contributed by atoms with Crippen molar-refractivity contribution in [1.82, 2.24) is 0 Å². The fourth-order valence-corrected chi connectivity index (χ4v) is 3.22. The molecule has 0 aromatic heterocycles. The van der Waals surface area contributed by atoms with Gasteiger partial charge in [-0.3, -0.25) is 4.79 Å². The zero-order valence-corrected chi connectivity index (χ0v) is 14.2. The van der Waals surface area contributed by atoms with Gasteiger partial charge in [0.2, 0.25) is 5.91 Å². The quantitative estimate of drug-likeness (QED) is 0.811. The van der Waals surface area contributed by atoms with Gasteiger partial charge in [-0.25, -0.2) is 0 Å². The maximum absolute atomic E-state index is 12.3. The summed E-state index contributed by atoms with van der Waals surface area (Å²) in [5.41, 5.74) is 1.79. The van der Waals surface area contributed by atoms with Crippen molar-refractivity contribution in [2.24, 2.45) is 5.92 Å². The van der Waals surface area contributed by atoms with Crippen LogP contribution >= 0.6 is 23.2 Å². The normalized spacial score (nSPS) is 19.3. The molecule has 0 aliphatic heterocycles. The van der Waals surface area contributed by atoms with E-state index < -0.39 is 0 Å². The third-order valence-electron chi connectivity index (χ3n) is 3.87. The van der Waals surface area contributed by atoms with Gasteiger partial charge in [-0.15, -0.1) is 0 Å². The summed E-state index contributed by atoms with van der Waals surface area (Å²) in [4.78, 5) is 12.3. The van der Waals surface area contributed by atoms with E-state index in [0.29, 0.717) is 16.7 Å². The van der Waals surface area contributed by atoms with Crippen LogP contribution in [0, 0.1) is 5.92 Å². The van der Waals surface area contributed by atoms with E-state index in [1.807, 2.05) is 43.3 Å². The van der Waals surface area contributed by atoms with Crippen molar-refractivity contribution in [3.05, 3.63) is 58.1 Å². The van der Waals surface area contributed by atoms with Gasteiger partial charge in [-0.2, -0.15) is 0 Å². The summed E-state index contributed by atoms with van der Waals surface area (Å²) in [7, 11) is 0. The monoisotopic (exact) mass is 349 g/mol. The molecule has 1 amide bonds. The SMILES string of the molecule is CCOc1ccc(NC(=O)[C@H]2C[C@@H]2c2cc(Cl)cc(Cl)c2)cc1. The minimum absolute atomic E-state index is 0.0234.